The van der Waals surface area contributed by atoms with Gasteiger partial charge in [0.15, 0.2) is 0 Å². The van der Waals surface area contributed by atoms with E-state index in [1.807, 2.05) is 5.09 Å². The minimum atomic E-state index is -4.74. The number of benzene rings is 2. The van der Waals surface area contributed by atoms with Crippen LogP contribution >= 0.6 is 7.75 Å². The third-order valence-electron chi connectivity index (χ3n) is 3.65. The number of phenolic OH excluding ortho intramolecular Hbond substituents is 2. The molecule has 130 valence electrons. The van der Waals surface area contributed by atoms with Crippen LogP contribution in [0.1, 0.15) is 24.0 Å². The van der Waals surface area contributed by atoms with Crippen LogP contribution in [0.25, 0.3) is 0 Å². The normalized spacial score (nSPS) is 13.5. The van der Waals surface area contributed by atoms with Gasteiger partial charge in [0.2, 0.25) is 5.79 Å². The summed E-state index contributed by atoms with van der Waals surface area (Å²) in [5.74, 6) is -4.34. The minimum Gasteiger partial charge on any atom is -0.508 e. The number of anilines is 1. The van der Waals surface area contributed by atoms with Crippen molar-refractivity contribution in [3.63, 3.8) is 0 Å². The van der Waals surface area contributed by atoms with Crippen molar-refractivity contribution in [3.8, 4) is 11.5 Å². The van der Waals surface area contributed by atoms with E-state index in [1.165, 1.54) is 37.3 Å². The molecule has 8 nitrogen and oxygen atoms in total. The Kier molecular flexibility index (Phi) is 4.89. The zero-order valence-electron chi connectivity index (χ0n) is 12.7. The Hall–Kier alpha value is -2.09. The first kappa shape index (κ1) is 18.3. The van der Waals surface area contributed by atoms with E-state index in [0.717, 1.165) is 6.07 Å². The van der Waals surface area contributed by atoms with Crippen LogP contribution in [0.5, 0.6) is 11.5 Å². The summed E-state index contributed by atoms with van der Waals surface area (Å²) >= 11 is 0. The van der Waals surface area contributed by atoms with Crippen molar-refractivity contribution < 1.29 is 34.8 Å². The molecule has 0 saturated heterocycles. The van der Waals surface area contributed by atoms with Gasteiger partial charge in [-0.1, -0.05) is 25.1 Å². The van der Waals surface area contributed by atoms with Crippen molar-refractivity contribution in [2.75, 3.05) is 5.09 Å². The quantitative estimate of drug-likeness (QED) is 0.315. The molecule has 0 aromatic heterocycles. The van der Waals surface area contributed by atoms with Gasteiger partial charge in [0.25, 0.3) is 0 Å². The molecule has 0 fully saturated rings. The van der Waals surface area contributed by atoms with Crippen LogP contribution < -0.4 is 5.09 Å². The van der Waals surface area contributed by atoms with Gasteiger partial charge in [-0.3, -0.25) is 5.09 Å². The second-order valence-corrected chi connectivity index (χ2v) is 6.71. The van der Waals surface area contributed by atoms with Gasteiger partial charge in [-0.2, -0.15) is 0 Å². The summed E-state index contributed by atoms with van der Waals surface area (Å²) in [6, 6.07) is 9.45. The number of aliphatic hydroxyl groups is 2. The van der Waals surface area contributed by atoms with E-state index < -0.39 is 30.8 Å². The first-order valence-electron chi connectivity index (χ1n) is 6.92. The standard InChI is InChI=1S/C15H18NO7P/c1-9(10-4-2-5-11(17)8-10)15(19,20)14-12(16-24(21,22)23)6-3-7-13(14)18/h2-9,17-20H,1H3,(H3,16,21,22,23). The number of phenols is 2. The van der Waals surface area contributed by atoms with E-state index in [-0.39, 0.29) is 11.4 Å². The highest BCUT2D eigenvalue weighted by atomic mass is 31.2. The molecule has 1 unspecified atom stereocenters. The van der Waals surface area contributed by atoms with Gasteiger partial charge in [0.1, 0.15) is 11.5 Å². The molecule has 0 heterocycles. The van der Waals surface area contributed by atoms with Crippen molar-refractivity contribution in [2.24, 2.45) is 0 Å². The average Bonchev–Trinajstić information content (AvgIpc) is 2.44. The predicted octanol–water partition coefficient (Wildman–Crippen LogP) is 1.54. The van der Waals surface area contributed by atoms with E-state index in [0.29, 0.717) is 5.56 Å². The Morgan fingerprint density at radius 3 is 2.29 bits per heavy atom. The summed E-state index contributed by atoms with van der Waals surface area (Å²) in [6.45, 7) is 1.43. The highest BCUT2D eigenvalue weighted by Gasteiger charge is 2.39. The fourth-order valence-electron chi connectivity index (χ4n) is 2.42. The first-order valence-corrected chi connectivity index (χ1v) is 8.53. The molecule has 0 aliphatic heterocycles. The topological polar surface area (TPSA) is 150 Å². The molecule has 0 aliphatic rings. The van der Waals surface area contributed by atoms with E-state index in [2.05, 4.69) is 0 Å². The lowest BCUT2D eigenvalue weighted by Crippen LogP contribution is -2.32. The maximum absolute atomic E-state index is 11.2. The highest BCUT2D eigenvalue weighted by Crippen LogP contribution is 2.46. The van der Waals surface area contributed by atoms with E-state index in [1.54, 1.807) is 6.07 Å². The van der Waals surface area contributed by atoms with Gasteiger partial charge in [-0.15, -0.1) is 0 Å². The summed E-state index contributed by atoms with van der Waals surface area (Å²) in [4.78, 5) is 18.1. The van der Waals surface area contributed by atoms with Crippen LogP contribution in [0.15, 0.2) is 42.5 Å². The van der Waals surface area contributed by atoms with Crippen molar-refractivity contribution >= 4 is 13.4 Å². The third-order valence-corrected chi connectivity index (χ3v) is 4.18. The van der Waals surface area contributed by atoms with Crippen LogP contribution in [0.3, 0.4) is 0 Å². The largest absolute Gasteiger partial charge is 0.508 e. The van der Waals surface area contributed by atoms with Crippen LogP contribution in [-0.2, 0) is 10.4 Å². The molecule has 0 aliphatic carbocycles. The second-order valence-electron chi connectivity index (χ2n) is 5.40. The Labute approximate surface area is 137 Å². The summed E-state index contributed by atoms with van der Waals surface area (Å²) in [7, 11) is -4.74. The molecular weight excluding hydrogens is 337 g/mol. The molecule has 1 atom stereocenters. The summed E-state index contributed by atoms with van der Waals surface area (Å²) in [6.07, 6.45) is 0. The smallest absolute Gasteiger partial charge is 0.427 e. The number of hydrogen-bond donors (Lipinski definition) is 7. The predicted molar refractivity (Wildman–Crippen MR) is 86.4 cm³/mol. The number of hydrogen-bond acceptors (Lipinski definition) is 5. The van der Waals surface area contributed by atoms with Crippen molar-refractivity contribution in [2.45, 2.75) is 18.6 Å². The van der Waals surface area contributed by atoms with Crippen LogP contribution in [0.4, 0.5) is 5.69 Å². The Balaban J connectivity index is 2.54. The minimum absolute atomic E-state index is 0.0824. The van der Waals surface area contributed by atoms with Crippen molar-refractivity contribution in [1.82, 2.24) is 0 Å². The monoisotopic (exact) mass is 355 g/mol. The van der Waals surface area contributed by atoms with Gasteiger partial charge < -0.3 is 30.2 Å². The molecule has 0 saturated carbocycles. The number of aromatic hydroxyl groups is 2. The van der Waals surface area contributed by atoms with E-state index in [9.17, 15) is 25.0 Å². The van der Waals surface area contributed by atoms with Crippen molar-refractivity contribution in [3.05, 3.63) is 53.6 Å². The molecule has 0 amide bonds. The molecule has 2 rings (SSSR count). The lowest BCUT2D eigenvalue weighted by Gasteiger charge is -2.31. The molecule has 0 spiro atoms. The molecule has 9 heteroatoms. The zero-order chi connectivity index (χ0) is 18.1. The lowest BCUT2D eigenvalue weighted by molar-refractivity contribution is -0.185. The Morgan fingerprint density at radius 1 is 1.08 bits per heavy atom. The van der Waals surface area contributed by atoms with E-state index >= 15 is 0 Å². The van der Waals surface area contributed by atoms with Crippen LogP contribution in [0.2, 0.25) is 0 Å². The van der Waals surface area contributed by atoms with Crippen LogP contribution in [-0.4, -0.2) is 30.2 Å². The average molecular weight is 355 g/mol. The fraction of sp³-hybridized carbons (Fsp3) is 0.200. The SMILES string of the molecule is CC(c1cccc(O)c1)C(O)(O)c1c(O)cccc1NP(=O)(O)O. The molecule has 2 aromatic carbocycles. The summed E-state index contributed by atoms with van der Waals surface area (Å²) < 4.78 is 11.2. The zero-order valence-corrected chi connectivity index (χ0v) is 13.6. The van der Waals surface area contributed by atoms with Crippen LogP contribution in [0, 0.1) is 0 Å². The molecule has 2 aromatic rings. The molecule has 0 bridgehead atoms. The Bertz CT molecular complexity index is 787. The number of nitrogens with one attached hydrogen (secondary N) is 1. The number of rotatable bonds is 5. The van der Waals surface area contributed by atoms with Crippen molar-refractivity contribution in [1.29, 1.82) is 0 Å². The first-order chi connectivity index (χ1) is 11.0. The maximum Gasteiger partial charge on any atom is 0.427 e. The fourth-order valence-corrected chi connectivity index (χ4v) is 2.92. The second kappa shape index (κ2) is 6.43. The highest BCUT2D eigenvalue weighted by molar-refractivity contribution is 7.53. The van der Waals surface area contributed by atoms with Gasteiger partial charge in [0.05, 0.1) is 11.3 Å². The molecule has 7 N–H and O–H groups in total. The summed E-state index contributed by atoms with van der Waals surface area (Å²) in [5.41, 5.74) is -0.449. The summed E-state index contributed by atoms with van der Waals surface area (Å²) in [5, 5.41) is 42.6. The van der Waals surface area contributed by atoms with Gasteiger partial charge in [-0.05, 0) is 29.8 Å². The lowest BCUT2D eigenvalue weighted by atomic mass is 9.86. The Morgan fingerprint density at radius 2 is 1.71 bits per heavy atom. The molecular formula is C15H18NO7P. The van der Waals surface area contributed by atoms with E-state index in [4.69, 9.17) is 9.79 Å². The van der Waals surface area contributed by atoms with Gasteiger partial charge >= 0.3 is 7.75 Å². The molecule has 0 radical (unpaired) electrons. The maximum atomic E-state index is 11.2. The molecule has 24 heavy (non-hydrogen) atoms. The van der Waals surface area contributed by atoms with Gasteiger partial charge in [-0.25, -0.2) is 4.57 Å². The third kappa shape index (κ3) is 3.87. The van der Waals surface area contributed by atoms with Gasteiger partial charge in [0, 0.05) is 5.92 Å².